The molecule has 0 spiro atoms. The average molecular weight is 269 g/mol. The number of nitrogens with one attached hydrogen (secondary N) is 1. The third kappa shape index (κ3) is 2.62. The van der Waals surface area contributed by atoms with Crippen LogP contribution in [0.2, 0.25) is 5.15 Å². The molecule has 2 aromatic rings. The lowest BCUT2D eigenvalue weighted by Gasteiger charge is -2.06. The SMILES string of the molecule is O=C(Nc1cccnc1Cl)c1ccc(F)c(F)c1. The fourth-order valence-corrected chi connectivity index (χ4v) is 1.48. The first kappa shape index (κ1) is 12.4. The van der Waals surface area contributed by atoms with Crippen LogP contribution in [-0.2, 0) is 0 Å². The summed E-state index contributed by atoms with van der Waals surface area (Å²) in [5, 5.41) is 2.57. The Kier molecular flexibility index (Phi) is 3.53. The number of pyridine rings is 1. The van der Waals surface area contributed by atoms with Gasteiger partial charge in [-0.25, -0.2) is 13.8 Å². The van der Waals surface area contributed by atoms with Gasteiger partial charge < -0.3 is 5.32 Å². The Morgan fingerprint density at radius 1 is 1.22 bits per heavy atom. The van der Waals surface area contributed by atoms with E-state index in [1.165, 1.54) is 12.3 Å². The Morgan fingerprint density at radius 2 is 2.00 bits per heavy atom. The number of carbonyl (C=O) groups excluding carboxylic acids is 1. The van der Waals surface area contributed by atoms with E-state index in [4.69, 9.17) is 11.6 Å². The molecule has 0 aliphatic carbocycles. The van der Waals surface area contributed by atoms with E-state index in [9.17, 15) is 13.6 Å². The first-order valence-corrected chi connectivity index (χ1v) is 5.32. The summed E-state index contributed by atoms with van der Waals surface area (Å²) in [4.78, 5) is 15.5. The van der Waals surface area contributed by atoms with E-state index in [1.54, 1.807) is 12.1 Å². The van der Waals surface area contributed by atoms with E-state index >= 15 is 0 Å². The molecule has 0 bridgehead atoms. The maximum absolute atomic E-state index is 13.0. The van der Waals surface area contributed by atoms with Crippen molar-refractivity contribution in [3.63, 3.8) is 0 Å². The van der Waals surface area contributed by atoms with Gasteiger partial charge in [0, 0.05) is 11.8 Å². The predicted molar refractivity (Wildman–Crippen MR) is 63.6 cm³/mol. The van der Waals surface area contributed by atoms with Crippen molar-refractivity contribution in [2.24, 2.45) is 0 Å². The molecule has 0 atom stereocenters. The number of rotatable bonds is 2. The molecule has 0 aliphatic heterocycles. The molecule has 0 fully saturated rings. The number of nitrogens with zero attached hydrogens (tertiary/aromatic N) is 1. The lowest BCUT2D eigenvalue weighted by Crippen LogP contribution is -2.13. The highest BCUT2D eigenvalue weighted by Gasteiger charge is 2.11. The number of anilines is 1. The molecule has 0 saturated heterocycles. The molecule has 2 rings (SSSR count). The molecule has 1 heterocycles. The largest absolute Gasteiger partial charge is 0.319 e. The van der Waals surface area contributed by atoms with Gasteiger partial charge >= 0.3 is 0 Å². The Balaban J connectivity index is 2.22. The average Bonchev–Trinajstić information content (AvgIpc) is 2.35. The highest BCUT2D eigenvalue weighted by Crippen LogP contribution is 2.18. The van der Waals surface area contributed by atoms with Gasteiger partial charge in [-0.1, -0.05) is 11.6 Å². The zero-order chi connectivity index (χ0) is 13.1. The van der Waals surface area contributed by atoms with Gasteiger partial charge in [-0.05, 0) is 30.3 Å². The molecular weight excluding hydrogens is 262 g/mol. The number of carbonyl (C=O) groups is 1. The standard InChI is InChI=1S/C12H7ClF2N2O/c13-11-10(2-1-5-16-11)17-12(18)7-3-4-8(14)9(15)6-7/h1-6H,(H,17,18). The van der Waals surface area contributed by atoms with Crippen molar-refractivity contribution >= 4 is 23.2 Å². The molecule has 0 aliphatic rings. The molecule has 1 amide bonds. The van der Waals surface area contributed by atoms with Crippen molar-refractivity contribution in [1.29, 1.82) is 0 Å². The minimum Gasteiger partial charge on any atom is -0.319 e. The van der Waals surface area contributed by atoms with Crippen molar-refractivity contribution in [1.82, 2.24) is 4.98 Å². The van der Waals surface area contributed by atoms with Gasteiger partial charge in [0.25, 0.3) is 5.91 Å². The third-order valence-corrected chi connectivity index (χ3v) is 2.49. The minimum atomic E-state index is -1.08. The van der Waals surface area contributed by atoms with E-state index in [2.05, 4.69) is 10.3 Å². The molecule has 0 radical (unpaired) electrons. The summed E-state index contributed by atoms with van der Waals surface area (Å²) in [5.41, 5.74) is 0.294. The van der Waals surface area contributed by atoms with E-state index in [0.29, 0.717) is 5.69 Å². The Labute approximate surface area is 106 Å². The number of amides is 1. The molecule has 18 heavy (non-hydrogen) atoms. The molecule has 1 N–H and O–H groups in total. The number of benzene rings is 1. The lowest BCUT2D eigenvalue weighted by atomic mass is 10.2. The number of halogens is 3. The topological polar surface area (TPSA) is 42.0 Å². The summed E-state index contributed by atoms with van der Waals surface area (Å²) < 4.78 is 25.7. The summed E-state index contributed by atoms with van der Waals surface area (Å²) in [6.45, 7) is 0. The fraction of sp³-hybridized carbons (Fsp3) is 0. The normalized spacial score (nSPS) is 10.2. The van der Waals surface area contributed by atoms with Crippen molar-refractivity contribution in [3.05, 3.63) is 58.9 Å². The summed E-state index contributed by atoms with van der Waals surface area (Å²) in [7, 11) is 0. The second-order valence-corrected chi connectivity index (χ2v) is 3.78. The summed E-state index contributed by atoms with van der Waals surface area (Å²) in [6, 6.07) is 6.02. The second kappa shape index (κ2) is 5.10. The quantitative estimate of drug-likeness (QED) is 0.850. The van der Waals surface area contributed by atoms with Gasteiger partial charge in [0.2, 0.25) is 0 Å². The number of hydrogen-bond donors (Lipinski definition) is 1. The first-order chi connectivity index (χ1) is 8.58. The fourth-order valence-electron chi connectivity index (χ4n) is 1.31. The van der Waals surface area contributed by atoms with Crippen LogP contribution >= 0.6 is 11.6 Å². The van der Waals surface area contributed by atoms with Crippen LogP contribution in [0.25, 0.3) is 0 Å². The monoisotopic (exact) mass is 268 g/mol. The van der Waals surface area contributed by atoms with Crippen LogP contribution < -0.4 is 5.32 Å². The zero-order valence-corrected chi connectivity index (χ0v) is 9.71. The van der Waals surface area contributed by atoms with Gasteiger partial charge in [-0.15, -0.1) is 0 Å². The van der Waals surface area contributed by atoms with Crippen LogP contribution in [0.15, 0.2) is 36.5 Å². The van der Waals surface area contributed by atoms with Crippen LogP contribution in [-0.4, -0.2) is 10.9 Å². The molecule has 1 aromatic heterocycles. The first-order valence-electron chi connectivity index (χ1n) is 4.95. The molecule has 1 aromatic carbocycles. The zero-order valence-electron chi connectivity index (χ0n) is 8.95. The van der Waals surface area contributed by atoms with Crippen molar-refractivity contribution < 1.29 is 13.6 Å². The van der Waals surface area contributed by atoms with Gasteiger partial charge in [0.05, 0.1) is 5.69 Å². The minimum absolute atomic E-state index is 0.00572. The van der Waals surface area contributed by atoms with Crippen LogP contribution in [0.1, 0.15) is 10.4 Å². The Hall–Kier alpha value is -2.01. The molecule has 6 heteroatoms. The highest BCUT2D eigenvalue weighted by atomic mass is 35.5. The van der Waals surface area contributed by atoms with Crippen molar-refractivity contribution in [2.75, 3.05) is 5.32 Å². The molecular formula is C12H7ClF2N2O. The molecule has 92 valence electrons. The second-order valence-electron chi connectivity index (χ2n) is 3.42. The van der Waals surface area contributed by atoms with Crippen LogP contribution in [0.4, 0.5) is 14.5 Å². The molecule has 0 unspecified atom stereocenters. The van der Waals surface area contributed by atoms with E-state index < -0.39 is 17.5 Å². The van der Waals surface area contributed by atoms with Crippen LogP contribution in [0.3, 0.4) is 0 Å². The van der Waals surface area contributed by atoms with Gasteiger partial charge in [0.1, 0.15) is 0 Å². The maximum Gasteiger partial charge on any atom is 0.255 e. The van der Waals surface area contributed by atoms with Crippen molar-refractivity contribution in [3.8, 4) is 0 Å². The summed E-state index contributed by atoms with van der Waals surface area (Å²) >= 11 is 5.75. The van der Waals surface area contributed by atoms with Crippen LogP contribution in [0.5, 0.6) is 0 Å². The Bertz CT molecular complexity index is 604. The number of hydrogen-bond acceptors (Lipinski definition) is 2. The van der Waals surface area contributed by atoms with Gasteiger partial charge in [-0.3, -0.25) is 4.79 Å². The smallest absolute Gasteiger partial charge is 0.255 e. The van der Waals surface area contributed by atoms with Crippen LogP contribution in [0, 0.1) is 11.6 Å². The highest BCUT2D eigenvalue weighted by molar-refractivity contribution is 6.32. The lowest BCUT2D eigenvalue weighted by molar-refractivity contribution is 0.102. The third-order valence-electron chi connectivity index (χ3n) is 2.19. The number of aromatic nitrogens is 1. The van der Waals surface area contributed by atoms with E-state index in [1.807, 2.05) is 0 Å². The summed E-state index contributed by atoms with van der Waals surface area (Å²) in [6.07, 6.45) is 1.47. The Morgan fingerprint density at radius 3 is 2.67 bits per heavy atom. The van der Waals surface area contributed by atoms with Gasteiger partial charge in [0.15, 0.2) is 16.8 Å². The van der Waals surface area contributed by atoms with Crippen molar-refractivity contribution in [2.45, 2.75) is 0 Å². The summed E-state index contributed by atoms with van der Waals surface area (Å²) in [5.74, 6) is -2.69. The molecule has 3 nitrogen and oxygen atoms in total. The van der Waals surface area contributed by atoms with E-state index in [0.717, 1.165) is 12.1 Å². The molecule has 0 saturated carbocycles. The maximum atomic E-state index is 13.0. The van der Waals surface area contributed by atoms with Gasteiger partial charge in [-0.2, -0.15) is 0 Å². The predicted octanol–water partition coefficient (Wildman–Crippen LogP) is 3.27. The van der Waals surface area contributed by atoms with E-state index in [-0.39, 0.29) is 10.7 Å².